The molecule has 0 aliphatic rings. The normalized spacial score (nSPS) is 9.18. The molecule has 0 atom stereocenters. The summed E-state index contributed by atoms with van der Waals surface area (Å²) in [5.41, 5.74) is -2.03. The van der Waals surface area contributed by atoms with Crippen molar-refractivity contribution < 1.29 is 37.7 Å². The topological polar surface area (TPSA) is 132 Å². The van der Waals surface area contributed by atoms with Crippen LogP contribution in [0, 0.1) is 0 Å². The fourth-order valence-electron chi connectivity index (χ4n) is 1.11. The van der Waals surface area contributed by atoms with Crippen molar-refractivity contribution in [1.82, 2.24) is 0 Å². The summed E-state index contributed by atoms with van der Waals surface area (Å²) in [7, 11) is 0. The van der Waals surface area contributed by atoms with Crippen LogP contribution in [-0.2, 0) is 0 Å². The third-order valence-electron chi connectivity index (χ3n) is 1.83. The van der Waals surface area contributed by atoms with E-state index >= 15 is 0 Å². The van der Waals surface area contributed by atoms with Crippen molar-refractivity contribution in [1.29, 1.82) is 0 Å². The standard InChI is InChI=1S/C9H6O7.Ca.2H/c10-6-2-4(8(13)14)3(7(11)12)1-5(6)9(15)16;;;/h1-2,10H,(H,11,12)(H,13,14)(H,15,16);;;/q;+2;2*-1. The van der Waals surface area contributed by atoms with Crippen LogP contribution in [0.5, 0.6) is 5.75 Å². The second kappa shape index (κ2) is 5.85. The molecule has 0 heterocycles. The van der Waals surface area contributed by atoms with Crippen LogP contribution in [0.15, 0.2) is 12.1 Å². The van der Waals surface area contributed by atoms with Gasteiger partial charge >= 0.3 is 55.6 Å². The first kappa shape index (κ1) is 15.7. The van der Waals surface area contributed by atoms with E-state index in [4.69, 9.17) is 15.3 Å². The Bertz CT molecular complexity index is 504. The molecule has 0 radical (unpaired) electrons. The van der Waals surface area contributed by atoms with Gasteiger partial charge in [0, 0.05) is 0 Å². The van der Waals surface area contributed by atoms with E-state index in [2.05, 4.69) is 0 Å². The summed E-state index contributed by atoms with van der Waals surface area (Å²) in [5.74, 6) is -5.49. The second-order valence-electron chi connectivity index (χ2n) is 2.83. The Morgan fingerprint density at radius 3 is 1.53 bits per heavy atom. The minimum atomic E-state index is -1.58. The van der Waals surface area contributed by atoms with Crippen molar-refractivity contribution in [2.45, 2.75) is 0 Å². The van der Waals surface area contributed by atoms with E-state index in [0.29, 0.717) is 12.1 Å². The molecule has 1 aromatic rings. The Hall–Kier alpha value is -1.31. The number of carboxylic acid groups (broad SMARTS) is 3. The Balaban J connectivity index is -0.000000853. The van der Waals surface area contributed by atoms with E-state index in [1.165, 1.54) is 0 Å². The monoisotopic (exact) mass is 268 g/mol. The number of benzene rings is 1. The molecule has 8 heteroatoms. The minimum absolute atomic E-state index is 0. The van der Waals surface area contributed by atoms with Crippen molar-refractivity contribution >= 4 is 55.6 Å². The van der Waals surface area contributed by atoms with Crippen molar-refractivity contribution in [3.63, 3.8) is 0 Å². The van der Waals surface area contributed by atoms with Crippen LogP contribution in [-0.4, -0.2) is 76.1 Å². The van der Waals surface area contributed by atoms with Crippen LogP contribution < -0.4 is 0 Å². The first-order valence-electron chi connectivity index (χ1n) is 3.91. The largest absolute Gasteiger partial charge is 2.00 e. The number of hydrogen-bond donors (Lipinski definition) is 4. The molecule has 0 spiro atoms. The number of carbonyl (C=O) groups is 3. The molecular formula is C9H8CaO7. The van der Waals surface area contributed by atoms with Crippen LogP contribution >= 0.6 is 0 Å². The van der Waals surface area contributed by atoms with Crippen LogP contribution in [0.1, 0.15) is 33.9 Å². The molecule has 17 heavy (non-hydrogen) atoms. The predicted molar refractivity (Wildman–Crippen MR) is 57.0 cm³/mol. The van der Waals surface area contributed by atoms with E-state index in [0.717, 1.165) is 0 Å². The molecule has 0 bridgehead atoms. The zero-order chi connectivity index (χ0) is 12.5. The minimum Gasteiger partial charge on any atom is -1.00 e. The molecule has 1 aromatic carbocycles. The Morgan fingerprint density at radius 1 is 0.824 bits per heavy atom. The van der Waals surface area contributed by atoms with Gasteiger partial charge in [-0.2, -0.15) is 0 Å². The fraction of sp³-hybridized carbons (Fsp3) is 0. The molecule has 1 rings (SSSR count). The summed E-state index contributed by atoms with van der Waals surface area (Å²) in [6, 6.07) is 1.19. The summed E-state index contributed by atoms with van der Waals surface area (Å²) >= 11 is 0. The third-order valence-corrected chi connectivity index (χ3v) is 1.83. The van der Waals surface area contributed by atoms with E-state index in [-0.39, 0.29) is 40.6 Å². The van der Waals surface area contributed by atoms with Gasteiger partial charge < -0.3 is 23.3 Å². The first-order chi connectivity index (χ1) is 7.34. The van der Waals surface area contributed by atoms with Gasteiger partial charge in [-0.1, -0.05) is 0 Å². The van der Waals surface area contributed by atoms with Crippen LogP contribution in [0.3, 0.4) is 0 Å². The molecule has 0 aromatic heterocycles. The predicted octanol–water partition coefficient (Wildman–Crippen LogP) is 0.331. The van der Waals surface area contributed by atoms with Gasteiger partial charge in [-0.25, -0.2) is 14.4 Å². The van der Waals surface area contributed by atoms with Gasteiger partial charge in [0.25, 0.3) is 0 Å². The average molecular weight is 268 g/mol. The Kier molecular flexibility index (Phi) is 5.40. The third kappa shape index (κ3) is 3.32. The van der Waals surface area contributed by atoms with E-state index in [9.17, 15) is 19.5 Å². The van der Waals surface area contributed by atoms with Gasteiger partial charge in [-0.05, 0) is 12.1 Å². The molecule has 0 saturated heterocycles. The molecule has 0 saturated carbocycles. The molecule has 0 aliphatic heterocycles. The molecule has 88 valence electrons. The molecule has 0 fully saturated rings. The van der Waals surface area contributed by atoms with Gasteiger partial charge in [-0.3, -0.25) is 0 Å². The van der Waals surface area contributed by atoms with Gasteiger partial charge in [0.15, 0.2) is 0 Å². The van der Waals surface area contributed by atoms with E-state index in [1.807, 2.05) is 0 Å². The maximum absolute atomic E-state index is 10.7. The van der Waals surface area contributed by atoms with E-state index in [1.54, 1.807) is 0 Å². The summed E-state index contributed by atoms with van der Waals surface area (Å²) in [4.78, 5) is 31.9. The summed E-state index contributed by atoms with van der Waals surface area (Å²) in [5, 5.41) is 35.1. The number of aromatic carboxylic acids is 3. The van der Waals surface area contributed by atoms with Crippen molar-refractivity contribution in [3.8, 4) is 5.75 Å². The van der Waals surface area contributed by atoms with Gasteiger partial charge in [-0.15, -0.1) is 0 Å². The van der Waals surface area contributed by atoms with Crippen LogP contribution in [0.25, 0.3) is 0 Å². The SMILES string of the molecule is O=C(O)c1cc(C(=O)O)c(C(=O)O)cc1O.[Ca+2].[H-].[H-]. The fourth-order valence-corrected chi connectivity index (χ4v) is 1.11. The smallest absolute Gasteiger partial charge is 1.00 e. The van der Waals surface area contributed by atoms with Crippen molar-refractivity contribution in [2.24, 2.45) is 0 Å². The quantitative estimate of drug-likeness (QED) is 0.580. The zero-order valence-corrected chi connectivity index (χ0v) is 10.6. The number of phenols is 1. The summed E-state index contributed by atoms with van der Waals surface area (Å²) in [6.07, 6.45) is 0. The molecule has 4 N–H and O–H groups in total. The number of rotatable bonds is 3. The number of aromatic hydroxyl groups is 1. The van der Waals surface area contributed by atoms with Gasteiger partial charge in [0.05, 0.1) is 11.1 Å². The Morgan fingerprint density at radius 2 is 1.18 bits per heavy atom. The molecule has 7 nitrogen and oxygen atoms in total. The van der Waals surface area contributed by atoms with Crippen molar-refractivity contribution in [2.75, 3.05) is 0 Å². The first-order valence-corrected chi connectivity index (χ1v) is 3.91. The van der Waals surface area contributed by atoms with Gasteiger partial charge in [0.1, 0.15) is 11.3 Å². The van der Waals surface area contributed by atoms with Crippen molar-refractivity contribution in [3.05, 3.63) is 28.8 Å². The maximum atomic E-state index is 10.7. The summed E-state index contributed by atoms with van der Waals surface area (Å²) in [6.45, 7) is 0. The molecule has 0 aliphatic carbocycles. The summed E-state index contributed by atoms with van der Waals surface area (Å²) < 4.78 is 0. The zero-order valence-electron chi connectivity index (χ0n) is 10.4. The average Bonchev–Trinajstić information content (AvgIpc) is 2.15. The van der Waals surface area contributed by atoms with Crippen LogP contribution in [0.2, 0.25) is 0 Å². The second-order valence-corrected chi connectivity index (χ2v) is 2.83. The number of carboxylic acids is 3. The van der Waals surface area contributed by atoms with E-state index < -0.39 is 40.3 Å². The molecule has 0 unspecified atom stereocenters. The molecule has 0 amide bonds. The maximum Gasteiger partial charge on any atom is 2.00 e. The Labute approximate surface area is 127 Å². The van der Waals surface area contributed by atoms with Gasteiger partial charge in [0.2, 0.25) is 0 Å². The van der Waals surface area contributed by atoms with Crippen LogP contribution in [0.4, 0.5) is 0 Å². The number of hydrogen-bond acceptors (Lipinski definition) is 4. The molecular weight excluding hydrogens is 260 g/mol.